The molecule has 0 aliphatic heterocycles. The third-order valence-electron chi connectivity index (χ3n) is 3.07. The number of hydrogen-bond donors (Lipinski definition) is 0. The van der Waals surface area contributed by atoms with Crippen molar-refractivity contribution in [1.82, 2.24) is 0 Å². The second-order valence-electron chi connectivity index (χ2n) is 4.78. The number of benzene rings is 1. The quantitative estimate of drug-likeness (QED) is 0.520. The molecule has 120 valence electrons. The molecular formula is C17H28O4. The van der Waals surface area contributed by atoms with Crippen molar-refractivity contribution in [2.24, 2.45) is 0 Å². The van der Waals surface area contributed by atoms with Crippen LogP contribution in [0.15, 0.2) is 24.3 Å². The van der Waals surface area contributed by atoms with Crippen LogP contribution in [0.1, 0.15) is 32.6 Å². The molecule has 0 atom stereocenters. The summed E-state index contributed by atoms with van der Waals surface area (Å²) < 4.78 is 21.8. The van der Waals surface area contributed by atoms with Crippen LogP contribution in [0.2, 0.25) is 0 Å². The molecule has 0 saturated heterocycles. The highest BCUT2D eigenvalue weighted by Crippen LogP contribution is 2.25. The Balaban J connectivity index is 1.93. The summed E-state index contributed by atoms with van der Waals surface area (Å²) in [5.74, 6) is 1.49. The molecule has 0 aromatic heterocycles. The largest absolute Gasteiger partial charge is 0.493 e. The predicted molar refractivity (Wildman–Crippen MR) is 84.3 cm³/mol. The molecule has 0 saturated carbocycles. The highest BCUT2D eigenvalue weighted by molar-refractivity contribution is 5.39. The van der Waals surface area contributed by atoms with Gasteiger partial charge in [-0.25, -0.2) is 0 Å². The van der Waals surface area contributed by atoms with E-state index in [9.17, 15) is 0 Å². The van der Waals surface area contributed by atoms with Gasteiger partial charge in [0.2, 0.25) is 0 Å². The van der Waals surface area contributed by atoms with Gasteiger partial charge >= 0.3 is 0 Å². The summed E-state index contributed by atoms with van der Waals surface area (Å²) in [6.07, 6.45) is 4.95. The summed E-state index contributed by atoms with van der Waals surface area (Å²) in [6.45, 7) is 5.38. The molecule has 0 fully saturated rings. The second kappa shape index (κ2) is 12.5. The minimum Gasteiger partial charge on any atom is -0.493 e. The van der Waals surface area contributed by atoms with E-state index in [1.165, 1.54) is 19.3 Å². The minimum atomic E-state index is 0.511. The topological polar surface area (TPSA) is 36.9 Å². The van der Waals surface area contributed by atoms with Crippen LogP contribution in [0.5, 0.6) is 11.5 Å². The van der Waals surface area contributed by atoms with Crippen LogP contribution in [0.4, 0.5) is 0 Å². The molecule has 4 nitrogen and oxygen atoms in total. The van der Waals surface area contributed by atoms with E-state index in [2.05, 4.69) is 6.92 Å². The van der Waals surface area contributed by atoms with Crippen LogP contribution in [-0.2, 0) is 9.47 Å². The van der Waals surface area contributed by atoms with Crippen molar-refractivity contribution in [2.75, 3.05) is 40.1 Å². The number of ether oxygens (including phenoxy) is 4. The van der Waals surface area contributed by atoms with Gasteiger partial charge in [-0.05, 0) is 18.6 Å². The molecule has 0 bridgehead atoms. The van der Waals surface area contributed by atoms with Crippen molar-refractivity contribution in [2.45, 2.75) is 32.6 Å². The number of para-hydroxylation sites is 2. The molecule has 0 spiro atoms. The molecule has 0 N–H and O–H groups in total. The Hall–Kier alpha value is -1.26. The Bertz CT molecular complexity index is 354. The monoisotopic (exact) mass is 296 g/mol. The lowest BCUT2D eigenvalue weighted by Crippen LogP contribution is -2.11. The lowest BCUT2D eigenvalue weighted by Gasteiger charge is -2.10. The van der Waals surface area contributed by atoms with Crippen LogP contribution in [0.3, 0.4) is 0 Å². The van der Waals surface area contributed by atoms with Crippen LogP contribution in [-0.4, -0.2) is 40.1 Å². The maximum Gasteiger partial charge on any atom is 0.161 e. The number of hydrogen-bond acceptors (Lipinski definition) is 4. The SMILES string of the molecule is CCCCCCOCCOCCOc1ccccc1OC. The van der Waals surface area contributed by atoms with Gasteiger partial charge in [0.25, 0.3) is 0 Å². The van der Waals surface area contributed by atoms with E-state index >= 15 is 0 Å². The molecule has 4 heteroatoms. The molecule has 0 unspecified atom stereocenters. The van der Waals surface area contributed by atoms with Gasteiger partial charge in [-0.3, -0.25) is 0 Å². The third-order valence-corrected chi connectivity index (χ3v) is 3.07. The van der Waals surface area contributed by atoms with Crippen LogP contribution in [0, 0.1) is 0 Å². The van der Waals surface area contributed by atoms with E-state index in [4.69, 9.17) is 18.9 Å². The first-order valence-electron chi connectivity index (χ1n) is 7.79. The van der Waals surface area contributed by atoms with Gasteiger partial charge < -0.3 is 18.9 Å². The summed E-state index contributed by atoms with van der Waals surface area (Å²) in [5, 5.41) is 0. The van der Waals surface area contributed by atoms with Gasteiger partial charge in [0, 0.05) is 6.61 Å². The van der Waals surface area contributed by atoms with Gasteiger partial charge in [-0.15, -0.1) is 0 Å². The van der Waals surface area contributed by atoms with Crippen LogP contribution < -0.4 is 9.47 Å². The van der Waals surface area contributed by atoms with Gasteiger partial charge in [0.15, 0.2) is 11.5 Å². The smallest absolute Gasteiger partial charge is 0.161 e. The first-order chi connectivity index (χ1) is 10.4. The Morgan fingerprint density at radius 2 is 1.43 bits per heavy atom. The number of rotatable bonds is 13. The summed E-state index contributed by atoms with van der Waals surface area (Å²) in [5.41, 5.74) is 0. The molecule has 21 heavy (non-hydrogen) atoms. The summed E-state index contributed by atoms with van der Waals surface area (Å²) >= 11 is 0. The van der Waals surface area contributed by atoms with Crippen molar-refractivity contribution in [3.8, 4) is 11.5 Å². The summed E-state index contributed by atoms with van der Waals surface area (Å²) in [4.78, 5) is 0. The van der Waals surface area contributed by atoms with E-state index in [0.29, 0.717) is 26.4 Å². The van der Waals surface area contributed by atoms with E-state index in [1.807, 2.05) is 24.3 Å². The van der Waals surface area contributed by atoms with Crippen molar-refractivity contribution in [3.63, 3.8) is 0 Å². The molecule has 0 heterocycles. The highest BCUT2D eigenvalue weighted by atomic mass is 16.5. The fourth-order valence-electron chi connectivity index (χ4n) is 1.90. The zero-order valence-corrected chi connectivity index (χ0v) is 13.3. The number of unbranched alkanes of at least 4 members (excludes halogenated alkanes) is 3. The average Bonchev–Trinajstić information content (AvgIpc) is 2.53. The first-order valence-corrected chi connectivity index (χ1v) is 7.79. The Morgan fingerprint density at radius 1 is 0.762 bits per heavy atom. The fourth-order valence-corrected chi connectivity index (χ4v) is 1.90. The van der Waals surface area contributed by atoms with Crippen molar-refractivity contribution in [3.05, 3.63) is 24.3 Å². The summed E-state index contributed by atoms with van der Waals surface area (Å²) in [6, 6.07) is 7.60. The second-order valence-corrected chi connectivity index (χ2v) is 4.78. The molecule has 0 aliphatic rings. The predicted octanol–water partition coefficient (Wildman–Crippen LogP) is 3.69. The Morgan fingerprint density at radius 3 is 2.14 bits per heavy atom. The van der Waals surface area contributed by atoms with E-state index in [0.717, 1.165) is 24.5 Å². The third kappa shape index (κ3) is 8.58. The van der Waals surface area contributed by atoms with Crippen LogP contribution in [0.25, 0.3) is 0 Å². The maximum absolute atomic E-state index is 5.61. The van der Waals surface area contributed by atoms with E-state index in [1.54, 1.807) is 7.11 Å². The van der Waals surface area contributed by atoms with Crippen LogP contribution >= 0.6 is 0 Å². The molecule has 0 aliphatic carbocycles. The van der Waals surface area contributed by atoms with E-state index in [-0.39, 0.29) is 0 Å². The Labute approximate surface area is 128 Å². The normalized spacial score (nSPS) is 10.6. The van der Waals surface area contributed by atoms with Gasteiger partial charge in [-0.1, -0.05) is 38.3 Å². The molecule has 0 amide bonds. The van der Waals surface area contributed by atoms with Gasteiger partial charge in [0.05, 0.1) is 26.9 Å². The van der Waals surface area contributed by atoms with Gasteiger partial charge in [0.1, 0.15) is 6.61 Å². The zero-order chi connectivity index (χ0) is 15.2. The maximum atomic E-state index is 5.61. The lowest BCUT2D eigenvalue weighted by molar-refractivity contribution is 0.0349. The van der Waals surface area contributed by atoms with Crippen molar-refractivity contribution >= 4 is 0 Å². The Kier molecular flexibility index (Phi) is 10.6. The average molecular weight is 296 g/mol. The minimum absolute atomic E-state index is 0.511. The van der Waals surface area contributed by atoms with Crippen molar-refractivity contribution < 1.29 is 18.9 Å². The lowest BCUT2D eigenvalue weighted by atomic mass is 10.2. The highest BCUT2D eigenvalue weighted by Gasteiger charge is 2.01. The first kappa shape index (κ1) is 17.8. The molecule has 0 radical (unpaired) electrons. The number of methoxy groups -OCH3 is 1. The van der Waals surface area contributed by atoms with Gasteiger partial charge in [-0.2, -0.15) is 0 Å². The zero-order valence-electron chi connectivity index (χ0n) is 13.3. The van der Waals surface area contributed by atoms with Crippen molar-refractivity contribution in [1.29, 1.82) is 0 Å². The fraction of sp³-hybridized carbons (Fsp3) is 0.647. The molecule has 1 rings (SSSR count). The molecule has 1 aromatic rings. The molecular weight excluding hydrogens is 268 g/mol. The molecule has 1 aromatic carbocycles. The summed E-state index contributed by atoms with van der Waals surface area (Å²) in [7, 11) is 1.64. The standard InChI is InChI=1S/C17H28O4/c1-3-4-5-8-11-19-12-13-20-14-15-21-17-10-7-6-9-16(17)18-2/h6-7,9-10H,3-5,8,11-15H2,1-2H3. The van der Waals surface area contributed by atoms with E-state index < -0.39 is 0 Å².